The molecule has 0 saturated heterocycles. The first kappa shape index (κ1) is 17.9. The number of carboxylic acid groups (broad SMARTS) is 1. The molecule has 0 saturated carbocycles. The quantitative estimate of drug-likeness (QED) is 0.675. The summed E-state index contributed by atoms with van der Waals surface area (Å²) in [6.07, 6.45) is -1.47. The summed E-state index contributed by atoms with van der Waals surface area (Å²) in [4.78, 5) is 33.3. The summed E-state index contributed by atoms with van der Waals surface area (Å²) in [5.74, 6) is -2.17. The van der Waals surface area contributed by atoms with E-state index in [0.29, 0.717) is 0 Å². The average molecular weight is 292 g/mol. The zero-order valence-corrected chi connectivity index (χ0v) is 12.4. The second kappa shape index (κ2) is 8.92. The van der Waals surface area contributed by atoms with Crippen LogP contribution in [0.3, 0.4) is 0 Å². The minimum atomic E-state index is -1.32. The standard InChI is InChI=1S/C12H20O6S/c1-7(2)17-5-10(11(14)15)18-12(16)8(3)6-19-9(4)13/h7-8,10H,5-6H2,1-4H3,(H,14,15)/t8-,10?/m1/s1. The topological polar surface area (TPSA) is 89.9 Å². The molecule has 0 spiro atoms. The van der Waals surface area contributed by atoms with Gasteiger partial charge in [0, 0.05) is 12.7 Å². The summed E-state index contributed by atoms with van der Waals surface area (Å²) in [6, 6.07) is 0. The van der Waals surface area contributed by atoms with Crippen molar-refractivity contribution in [3.05, 3.63) is 0 Å². The van der Waals surface area contributed by atoms with E-state index in [-0.39, 0.29) is 23.6 Å². The van der Waals surface area contributed by atoms with E-state index in [1.807, 2.05) is 0 Å². The molecule has 0 aromatic carbocycles. The first-order valence-electron chi connectivity index (χ1n) is 5.92. The first-order valence-corrected chi connectivity index (χ1v) is 6.90. The van der Waals surface area contributed by atoms with Gasteiger partial charge in [-0.25, -0.2) is 4.79 Å². The van der Waals surface area contributed by atoms with Gasteiger partial charge in [-0.3, -0.25) is 9.59 Å². The minimum absolute atomic E-state index is 0.0995. The van der Waals surface area contributed by atoms with Gasteiger partial charge in [0.1, 0.15) is 0 Å². The highest BCUT2D eigenvalue weighted by molar-refractivity contribution is 8.13. The van der Waals surface area contributed by atoms with E-state index in [4.69, 9.17) is 14.6 Å². The average Bonchev–Trinajstić information content (AvgIpc) is 2.30. The molecule has 1 unspecified atom stereocenters. The monoisotopic (exact) mass is 292 g/mol. The lowest BCUT2D eigenvalue weighted by molar-refractivity contribution is -0.171. The molecule has 6 nitrogen and oxygen atoms in total. The lowest BCUT2D eigenvalue weighted by atomic mass is 10.2. The molecule has 7 heteroatoms. The number of carbonyl (C=O) groups excluding carboxylic acids is 2. The van der Waals surface area contributed by atoms with Gasteiger partial charge in [0.25, 0.3) is 0 Å². The highest BCUT2D eigenvalue weighted by Crippen LogP contribution is 2.12. The Bertz CT molecular complexity index is 328. The highest BCUT2D eigenvalue weighted by atomic mass is 32.2. The molecule has 1 N–H and O–H groups in total. The van der Waals surface area contributed by atoms with E-state index in [1.54, 1.807) is 20.8 Å². The smallest absolute Gasteiger partial charge is 0.347 e. The SMILES string of the molecule is CC(=O)SC[C@@H](C)C(=O)OC(COC(C)C)C(=O)O. The number of esters is 1. The molecular weight excluding hydrogens is 272 g/mol. The Morgan fingerprint density at radius 3 is 2.21 bits per heavy atom. The van der Waals surface area contributed by atoms with Crippen LogP contribution in [-0.2, 0) is 23.9 Å². The van der Waals surface area contributed by atoms with E-state index < -0.39 is 24.0 Å². The van der Waals surface area contributed by atoms with Crippen LogP contribution >= 0.6 is 11.8 Å². The van der Waals surface area contributed by atoms with Crippen molar-refractivity contribution >= 4 is 28.8 Å². The number of carboxylic acids is 1. The molecule has 0 bridgehead atoms. The van der Waals surface area contributed by atoms with Crippen molar-refractivity contribution in [3.63, 3.8) is 0 Å². The maximum absolute atomic E-state index is 11.6. The Balaban J connectivity index is 4.29. The molecular formula is C12H20O6S. The van der Waals surface area contributed by atoms with Crippen LogP contribution in [0.1, 0.15) is 27.7 Å². The maximum atomic E-state index is 11.6. The zero-order chi connectivity index (χ0) is 15.0. The highest BCUT2D eigenvalue weighted by Gasteiger charge is 2.26. The van der Waals surface area contributed by atoms with Gasteiger partial charge >= 0.3 is 11.9 Å². The van der Waals surface area contributed by atoms with Crippen LogP contribution in [0.2, 0.25) is 0 Å². The molecule has 0 heterocycles. The van der Waals surface area contributed by atoms with Gasteiger partial charge in [-0.1, -0.05) is 18.7 Å². The van der Waals surface area contributed by atoms with Crippen molar-refractivity contribution in [2.75, 3.05) is 12.4 Å². The van der Waals surface area contributed by atoms with Crippen LogP contribution in [0.5, 0.6) is 0 Å². The van der Waals surface area contributed by atoms with Crippen molar-refractivity contribution < 1.29 is 29.0 Å². The molecule has 0 amide bonds. The zero-order valence-electron chi connectivity index (χ0n) is 11.5. The van der Waals surface area contributed by atoms with Gasteiger partial charge in [0.05, 0.1) is 18.6 Å². The van der Waals surface area contributed by atoms with Crippen molar-refractivity contribution in [2.24, 2.45) is 5.92 Å². The second-order valence-corrected chi connectivity index (χ2v) is 5.55. The lowest BCUT2D eigenvalue weighted by Crippen LogP contribution is -2.34. The van der Waals surface area contributed by atoms with Crippen LogP contribution < -0.4 is 0 Å². The summed E-state index contributed by atoms with van der Waals surface area (Å²) < 4.78 is 10.00. The summed E-state index contributed by atoms with van der Waals surface area (Å²) >= 11 is 1.00. The maximum Gasteiger partial charge on any atom is 0.347 e. The number of hydrogen-bond acceptors (Lipinski definition) is 6. The second-order valence-electron chi connectivity index (χ2n) is 4.35. The van der Waals surface area contributed by atoms with Crippen LogP contribution in [0.15, 0.2) is 0 Å². The molecule has 2 atom stereocenters. The largest absolute Gasteiger partial charge is 0.478 e. The molecule has 0 fully saturated rings. The summed E-state index contributed by atoms with van der Waals surface area (Å²) in [7, 11) is 0. The Morgan fingerprint density at radius 2 is 1.79 bits per heavy atom. The fraction of sp³-hybridized carbons (Fsp3) is 0.750. The molecule has 19 heavy (non-hydrogen) atoms. The van der Waals surface area contributed by atoms with Crippen LogP contribution in [0, 0.1) is 5.92 Å². The van der Waals surface area contributed by atoms with Crippen molar-refractivity contribution in [2.45, 2.75) is 39.9 Å². The molecule has 0 aliphatic heterocycles. The molecule has 0 aliphatic rings. The van der Waals surface area contributed by atoms with E-state index in [0.717, 1.165) is 11.8 Å². The number of rotatable bonds is 8. The Labute approximate surface area is 116 Å². The van der Waals surface area contributed by atoms with Crippen molar-refractivity contribution in [3.8, 4) is 0 Å². The van der Waals surface area contributed by atoms with Gasteiger partial charge < -0.3 is 14.6 Å². The van der Waals surface area contributed by atoms with E-state index in [9.17, 15) is 14.4 Å². The lowest BCUT2D eigenvalue weighted by Gasteiger charge is -2.17. The Morgan fingerprint density at radius 1 is 1.21 bits per heavy atom. The third-order valence-corrected chi connectivity index (χ3v) is 3.13. The molecule has 0 aromatic heterocycles. The van der Waals surface area contributed by atoms with Crippen molar-refractivity contribution in [1.29, 1.82) is 0 Å². The Kier molecular flexibility index (Phi) is 8.42. The van der Waals surface area contributed by atoms with Crippen LogP contribution in [-0.4, -0.2) is 46.7 Å². The molecule has 110 valence electrons. The summed E-state index contributed by atoms with van der Waals surface area (Å²) in [6.45, 7) is 6.31. The molecule has 0 rings (SSSR count). The molecule has 0 radical (unpaired) electrons. The van der Waals surface area contributed by atoms with E-state index in [2.05, 4.69) is 0 Å². The van der Waals surface area contributed by atoms with Crippen molar-refractivity contribution in [1.82, 2.24) is 0 Å². The first-order chi connectivity index (χ1) is 8.73. The number of aliphatic carboxylic acids is 1. The normalized spacial score (nSPS) is 13.9. The van der Waals surface area contributed by atoms with E-state index >= 15 is 0 Å². The van der Waals surface area contributed by atoms with Gasteiger partial charge in [-0.15, -0.1) is 0 Å². The Hall–Kier alpha value is -1.08. The minimum Gasteiger partial charge on any atom is -0.478 e. The number of thioether (sulfide) groups is 1. The summed E-state index contributed by atoms with van der Waals surface area (Å²) in [5.41, 5.74) is 0. The summed E-state index contributed by atoms with van der Waals surface area (Å²) in [5, 5.41) is 8.82. The fourth-order valence-electron chi connectivity index (χ4n) is 1.00. The van der Waals surface area contributed by atoms with Gasteiger partial charge in [0.15, 0.2) is 5.12 Å². The van der Waals surface area contributed by atoms with Crippen LogP contribution in [0.4, 0.5) is 0 Å². The number of carbonyl (C=O) groups is 3. The predicted molar refractivity (Wildman–Crippen MR) is 70.9 cm³/mol. The third-order valence-electron chi connectivity index (χ3n) is 2.05. The number of hydrogen-bond donors (Lipinski definition) is 1. The van der Waals surface area contributed by atoms with E-state index in [1.165, 1.54) is 6.92 Å². The van der Waals surface area contributed by atoms with Gasteiger partial charge in [0.2, 0.25) is 6.10 Å². The molecule has 0 aliphatic carbocycles. The van der Waals surface area contributed by atoms with Crippen LogP contribution in [0.25, 0.3) is 0 Å². The fourth-order valence-corrected chi connectivity index (χ4v) is 1.62. The number of ether oxygens (including phenoxy) is 2. The van der Waals surface area contributed by atoms with Gasteiger partial charge in [-0.2, -0.15) is 0 Å². The molecule has 0 aromatic rings. The predicted octanol–water partition coefficient (Wildman–Crippen LogP) is 1.32. The van der Waals surface area contributed by atoms with Gasteiger partial charge in [-0.05, 0) is 13.8 Å². The third kappa shape index (κ3) is 8.61.